The molecule has 0 aromatic heterocycles. The first-order chi connectivity index (χ1) is 10.2. The van der Waals surface area contributed by atoms with Crippen molar-refractivity contribution in [3.63, 3.8) is 0 Å². The third kappa shape index (κ3) is 2.82. The van der Waals surface area contributed by atoms with Crippen LogP contribution in [-0.4, -0.2) is 18.0 Å². The van der Waals surface area contributed by atoms with E-state index in [2.05, 4.69) is 17.0 Å². The summed E-state index contributed by atoms with van der Waals surface area (Å²) in [7, 11) is 0. The lowest BCUT2D eigenvalue weighted by atomic mass is 10.0. The molecule has 0 radical (unpaired) electrons. The Morgan fingerprint density at radius 1 is 1.14 bits per heavy atom. The first-order valence-corrected chi connectivity index (χ1v) is 7.15. The fourth-order valence-electron chi connectivity index (χ4n) is 3.07. The second kappa shape index (κ2) is 5.92. The second-order valence-electron chi connectivity index (χ2n) is 5.42. The van der Waals surface area contributed by atoms with Crippen molar-refractivity contribution in [1.82, 2.24) is 4.90 Å². The predicted molar refractivity (Wildman–Crippen MR) is 78.7 cm³/mol. The van der Waals surface area contributed by atoms with E-state index in [9.17, 15) is 8.78 Å². The maximum atomic E-state index is 14.0. The van der Waals surface area contributed by atoms with Gasteiger partial charge in [0, 0.05) is 31.3 Å². The molecule has 0 bridgehead atoms. The molecular weight excluding hydrogens is 270 g/mol. The quantitative estimate of drug-likeness (QED) is 0.937. The molecule has 1 unspecified atom stereocenters. The number of nitrogens with zero attached hydrogens (tertiary/aromatic N) is 1. The lowest BCUT2D eigenvalue weighted by Crippen LogP contribution is -2.30. The van der Waals surface area contributed by atoms with Gasteiger partial charge >= 0.3 is 0 Å². The molecule has 1 aliphatic rings. The lowest BCUT2D eigenvalue weighted by molar-refractivity contribution is 0.220. The van der Waals surface area contributed by atoms with Crippen LogP contribution in [0.2, 0.25) is 0 Å². The van der Waals surface area contributed by atoms with E-state index in [-0.39, 0.29) is 6.04 Å². The van der Waals surface area contributed by atoms with Crippen LogP contribution < -0.4 is 5.73 Å². The Kier molecular flexibility index (Phi) is 3.99. The molecule has 2 aromatic carbocycles. The summed E-state index contributed by atoms with van der Waals surface area (Å²) < 4.78 is 27.3. The minimum atomic E-state index is -0.521. The summed E-state index contributed by atoms with van der Waals surface area (Å²) in [5.74, 6) is -1.01. The molecule has 1 heterocycles. The van der Waals surface area contributed by atoms with Crippen molar-refractivity contribution in [3.05, 3.63) is 70.8 Å². The van der Waals surface area contributed by atoms with Crippen LogP contribution in [0.25, 0.3) is 0 Å². The van der Waals surface area contributed by atoms with E-state index in [0.29, 0.717) is 18.7 Å². The average molecular weight is 288 g/mol. The minimum absolute atomic E-state index is 0.163. The van der Waals surface area contributed by atoms with E-state index in [1.165, 1.54) is 11.6 Å². The molecule has 0 saturated heterocycles. The van der Waals surface area contributed by atoms with Crippen LogP contribution in [-0.2, 0) is 13.0 Å². The first-order valence-electron chi connectivity index (χ1n) is 7.15. The van der Waals surface area contributed by atoms with Gasteiger partial charge in [0.05, 0.1) is 6.04 Å². The third-order valence-corrected chi connectivity index (χ3v) is 4.08. The van der Waals surface area contributed by atoms with Gasteiger partial charge in [0.15, 0.2) is 0 Å². The number of hydrogen-bond donors (Lipinski definition) is 1. The van der Waals surface area contributed by atoms with Crippen molar-refractivity contribution in [1.29, 1.82) is 0 Å². The van der Waals surface area contributed by atoms with Gasteiger partial charge in [0.1, 0.15) is 11.6 Å². The number of hydrogen-bond acceptors (Lipinski definition) is 2. The Labute approximate surface area is 123 Å². The predicted octanol–water partition coefficient (Wildman–Crippen LogP) is 3.02. The highest BCUT2D eigenvalue weighted by Crippen LogP contribution is 2.35. The van der Waals surface area contributed by atoms with E-state index in [4.69, 9.17) is 5.73 Å². The molecule has 3 rings (SSSR count). The number of fused-ring (bicyclic) bond motifs is 1. The van der Waals surface area contributed by atoms with Crippen LogP contribution in [0.1, 0.15) is 22.7 Å². The van der Waals surface area contributed by atoms with E-state index in [0.717, 1.165) is 24.6 Å². The summed E-state index contributed by atoms with van der Waals surface area (Å²) in [4.78, 5) is 2.13. The van der Waals surface area contributed by atoms with Gasteiger partial charge in [-0.15, -0.1) is 0 Å². The molecule has 0 fully saturated rings. The Morgan fingerprint density at radius 2 is 1.90 bits per heavy atom. The highest BCUT2D eigenvalue weighted by atomic mass is 19.1. The maximum absolute atomic E-state index is 14.0. The average Bonchev–Trinajstić information content (AvgIpc) is 2.83. The van der Waals surface area contributed by atoms with Crippen LogP contribution in [0.3, 0.4) is 0 Å². The number of rotatable bonds is 4. The molecule has 0 spiro atoms. The largest absolute Gasteiger partial charge is 0.329 e. The second-order valence-corrected chi connectivity index (χ2v) is 5.42. The molecule has 0 aliphatic carbocycles. The Balaban J connectivity index is 1.78. The summed E-state index contributed by atoms with van der Waals surface area (Å²) in [5.41, 5.74) is 8.33. The summed E-state index contributed by atoms with van der Waals surface area (Å²) >= 11 is 0. The van der Waals surface area contributed by atoms with E-state index >= 15 is 0 Å². The van der Waals surface area contributed by atoms with Crippen molar-refractivity contribution in [2.24, 2.45) is 5.73 Å². The van der Waals surface area contributed by atoms with Gasteiger partial charge in [-0.05, 0) is 23.6 Å². The van der Waals surface area contributed by atoms with Crippen molar-refractivity contribution < 1.29 is 8.78 Å². The molecule has 2 aromatic rings. The SMILES string of the molecule is NCC1c2c(F)cc(F)cc2CN1CCc1ccccc1. The summed E-state index contributed by atoms with van der Waals surface area (Å²) in [5, 5.41) is 0. The van der Waals surface area contributed by atoms with Crippen LogP contribution in [0.4, 0.5) is 8.78 Å². The molecule has 1 atom stereocenters. The number of nitrogens with two attached hydrogens (primary N) is 1. The molecule has 2 nitrogen and oxygen atoms in total. The van der Waals surface area contributed by atoms with E-state index in [1.807, 2.05) is 18.2 Å². The molecule has 110 valence electrons. The lowest BCUT2D eigenvalue weighted by Gasteiger charge is -2.23. The molecule has 1 aliphatic heterocycles. The van der Waals surface area contributed by atoms with Gasteiger partial charge in [0.25, 0.3) is 0 Å². The number of benzene rings is 2. The summed E-state index contributed by atoms with van der Waals surface area (Å²) in [6, 6.07) is 12.3. The van der Waals surface area contributed by atoms with Crippen molar-refractivity contribution in [3.8, 4) is 0 Å². The molecule has 21 heavy (non-hydrogen) atoms. The maximum Gasteiger partial charge on any atom is 0.131 e. The summed E-state index contributed by atoms with van der Waals surface area (Å²) in [6.07, 6.45) is 0.870. The van der Waals surface area contributed by atoms with Crippen LogP contribution in [0.5, 0.6) is 0 Å². The number of halogens is 2. The minimum Gasteiger partial charge on any atom is -0.329 e. The zero-order chi connectivity index (χ0) is 14.8. The molecule has 4 heteroatoms. The highest BCUT2D eigenvalue weighted by molar-refractivity contribution is 5.36. The molecule has 0 saturated carbocycles. The Bertz CT molecular complexity index is 628. The van der Waals surface area contributed by atoms with Crippen molar-refractivity contribution >= 4 is 0 Å². The highest BCUT2D eigenvalue weighted by Gasteiger charge is 2.32. The van der Waals surface area contributed by atoms with Crippen molar-refractivity contribution in [2.75, 3.05) is 13.1 Å². The van der Waals surface area contributed by atoms with Gasteiger partial charge in [-0.2, -0.15) is 0 Å². The fraction of sp³-hybridized carbons (Fsp3) is 0.294. The zero-order valence-corrected chi connectivity index (χ0v) is 11.7. The van der Waals surface area contributed by atoms with Gasteiger partial charge in [-0.1, -0.05) is 30.3 Å². The smallest absolute Gasteiger partial charge is 0.131 e. The molecular formula is C17H18F2N2. The zero-order valence-electron chi connectivity index (χ0n) is 11.7. The fourth-order valence-corrected chi connectivity index (χ4v) is 3.07. The van der Waals surface area contributed by atoms with Gasteiger partial charge < -0.3 is 5.73 Å². The van der Waals surface area contributed by atoms with Crippen LogP contribution in [0, 0.1) is 11.6 Å². The van der Waals surface area contributed by atoms with E-state index < -0.39 is 11.6 Å². The normalized spacial score (nSPS) is 18.0. The molecule has 2 N–H and O–H groups in total. The van der Waals surface area contributed by atoms with Crippen LogP contribution in [0.15, 0.2) is 42.5 Å². The monoisotopic (exact) mass is 288 g/mol. The third-order valence-electron chi connectivity index (χ3n) is 4.08. The van der Waals surface area contributed by atoms with Gasteiger partial charge in [-0.3, -0.25) is 4.90 Å². The van der Waals surface area contributed by atoms with Gasteiger partial charge in [-0.25, -0.2) is 8.78 Å². The molecule has 0 amide bonds. The Morgan fingerprint density at radius 3 is 2.62 bits per heavy atom. The van der Waals surface area contributed by atoms with Gasteiger partial charge in [0.2, 0.25) is 0 Å². The summed E-state index contributed by atoms with van der Waals surface area (Å²) in [6.45, 7) is 1.67. The Hall–Kier alpha value is -1.78. The topological polar surface area (TPSA) is 29.3 Å². The first kappa shape index (κ1) is 14.2. The van der Waals surface area contributed by atoms with E-state index in [1.54, 1.807) is 0 Å². The van der Waals surface area contributed by atoms with Crippen molar-refractivity contribution in [2.45, 2.75) is 19.0 Å². The standard InChI is InChI=1S/C17H18F2N2/c18-14-8-13-11-21(7-6-12-4-2-1-3-5-12)16(10-20)17(13)15(19)9-14/h1-5,8-9,16H,6-7,10-11,20H2. The van der Waals surface area contributed by atoms with Crippen LogP contribution >= 0.6 is 0 Å².